The molecule has 1 N–H and O–H groups in total. The first-order valence-corrected chi connectivity index (χ1v) is 6.40. The van der Waals surface area contributed by atoms with Gasteiger partial charge in [0.15, 0.2) is 0 Å². The minimum Gasteiger partial charge on any atom is -0.379 e. The van der Waals surface area contributed by atoms with Crippen LogP contribution in [-0.2, 0) is 4.74 Å². The zero-order valence-electron chi connectivity index (χ0n) is 11.7. The van der Waals surface area contributed by atoms with Gasteiger partial charge in [0.05, 0.1) is 5.60 Å². The smallest absolute Gasteiger partial charge is 0.0637 e. The number of nitrogens with one attached hydrogen (secondary N) is 1. The van der Waals surface area contributed by atoms with E-state index in [1.54, 1.807) is 7.11 Å². The van der Waals surface area contributed by atoms with Crippen molar-refractivity contribution >= 4 is 0 Å². The van der Waals surface area contributed by atoms with E-state index in [1.165, 1.54) is 12.0 Å². The van der Waals surface area contributed by atoms with E-state index in [2.05, 4.69) is 39.6 Å². The molecule has 0 aromatic rings. The summed E-state index contributed by atoms with van der Waals surface area (Å²) in [4.78, 5) is 0. The van der Waals surface area contributed by atoms with Crippen molar-refractivity contribution in [2.75, 3.05) is 13.7 Å². The van der Waals surface area contributed by atoms with Crippen molar-refractivity contribution in [3.63, 3.8) is 0 Å². The van der Waals surface area contributed by atoms with Gasteiger partial charge in [-0.2, -0.15) is 0 Å². The first-order chi connectivity index (χ1) is 7.45. The Morgan fingerprint density at radius 3 is 2.44 bits per heavy atom. The molecule has 1 unspecified atom stereocenters. The Morgan fingerprint density at radius 1 is 1.38 bits per heavy atom. The van der Waals surface area contributed by atoms with Gasteiger partial charge in [0.2, 0.25) is 0 Å². The van der Waals surface area contributed by atoms with E-state index in [4.69, 9.17) is 4.74 Å². The van der Waals surface area contributed by atoms with Gasteiger partial charge in [-0.05, 0) is 46.1 Å². The second kappa shape index (κ2) is 7.86. The molecule has 96 valence electrons. The summed E-state index contributed by atoms with van der Waals surface area (Å²) in [5.74, 6) is 0. The van der Waals surface area contributed by atoms with Gasteiger partial charge in [-0.15, -0.1) is 0 Å². The maximum absolute atomic E-state index is 5.49. The molecule has 0 heterocycles. The maximum atomic E-state index is 5.49. The molecule has 0 aliphatic heterocycles. The van der Waals surface area contributed by atoms with Gasteiger partial charge >= 0.3 is 0 Å². The summed E-state index contributed by atoms with van der Waals surface area (Å²) in [5.41, 5.74) is 1.26. The third-order valence-corrected chi connectivity index (χ3v) is 3.01. The van der Waals surface area contributed by atoms with E-state index in [-0.39, 0.29) is 5.60 Å². The van der Waals surface area contributed by atoms with E-state index in [9.17, 15) is 0 Å². The summed E-state index contributed by atoms with van der Waals surface area (Å²) in [6.45, 7) is 13.8. The molecule has 0 spiro atoms. The molecule has 0 aromatic heterocycles. The lowest BCUT2D eigenvalue weighted by atomic mass is 9.93. The Kier molecular flexibility index (Phi) is 7.69. The number of ether oxygens (including phenoxy) is 1. The molecule has 1 atom stereocenters. The lowest BCUT2D eigenvalue weighted by molar-refractivity contribution is 0.00711. The van der Waals surface area contributed by atoms with Gasteiger partial charge < -0.3 is 10.1 Å². The van der Waals surface area contributed by atoms with Gasteiger partial charge in [0.25, 0.3) is 0 Å². The Labute approximate surface area is 101 Å². The second-order valence-electron chi connectivity index (χ2n) is 5.13. The first kappa shape index (κ1) is 15.7. The van der Waals surface area contributed by atoms with Crippen LogP contribution in [0.25, 0.3) is 0 Å². The second-order valence-corrected chi connectivity index (χ2v) is 5.13. The van der Waals surface area contributed by atoms with Crippen LogP contribution in [-0.4, -0.2) is 25.3 Å². The van der Waals surface area contributed by atoms with Gasteiger partial charge in [-0.25, -0.2) is 0 Å². The molecule has 0 bridgehead atoms. The number of hydrogen-bond acceptors (Lipinski definition) is 2. The van der Waals surface area contributed by atoms with Crippen LogP contribution in [0.5, 0.6) is 0 Å². The highest BCUT2D eigenvalue weighted by molar-refractivity contribution is 4.97. The van der Waals surface area contributed by atoms with Crippen molar-refractivity contribution in [3.05, 3.63) is 12.2 Å². The summed E-state index contributed by atoms with van der Waals surface area (Å²) in [7, 11) is 1.78. The van der Waals surface area contributed by atoms with Crippen molar-refractivity contribution in [1.82, 2.24) is 5.32 Å². The van der Waals surface area contributed by atoms with Gasteiger partial charge in [0, 0.05) is 13.2 Å². The molecule has 2 nitrogen and oxygen atoms in total. The molecule has 0 aromatic carbocycles. The number of rotatable bonds is 9. The fourth-order valence-corrected chi connectivity index (χ4v) is 1.73. The van der Waals surface area contributed by atoms with Crippen LogP contribution >= 0.6 is 0 Å². The molecule has 0 saturated carbocycles. The maximum Gasteiger partial charge on any atom is 0.0637 e. The van der Waals surface area contributed by atoms with Gasteiger partial charge in [0.1, 0.15) is 0 Å². The molecule has 0 fully saturated rings. The summed E-state index contributed by atoms with van der Waals surface area (Å²) in [5, 5.41) is 3.58. The molecule has 2 heteroatoms. The third kappa shape index (κ3) is 7.02. The molecule has 16 heavy (non-hydrogen) atoms. The third-order valence-electron chi connectivity index (χ3n) is 3.01. The molecule has 0 amide bonds. The Bertz CT molecular complexity index is 199. The van der Waals surface area contributed by atoms with Crippen LogP contribution in [0.15, 0.2) is 12.2 Å². The lowest BCUT2D eigenvalue weighted by Crippen LogP contribution is -2.38. The molecule has 0 saturated heterocycles. The predicted molar refractivity (Wildman–Crippen MR) is 71.8 cm³/mol. The summed E-state index contributed by atoms with van der Waals surface area (Å²) >= 11 is 0. The molecular formula is C14H29NO. The highest BCUT2D eigenvalue weighted by Gasteiger charge is 2.22. The van der Waals surface area contributed by atoms with Crippen LogP contribution in [0, 0.1) is 0 Å². The van der Waals surface area contributed by atoms with Crippen LogP contribution in [0.2, 0.25) is 0 Å². The summed E-state index contributed by atoms with van der Waals surface area (Å²) in [6.07, 6.45) is 4.33. The average molecular weight is 227 g/mol. The van der Waals surface area contributed by atoms with Crippen molar-refractivity contribution < 1.29 is 4.74 Å². The van der Waals surface area contributed by atoms with Crippen molar-refractivity contribution in [2.24, 2.45) is 0 Å². The SMILES string of the molecule is C=C(CC)CC(CC(C)(C)OC)NCCC. The average Bonchev–Trinajstić information content (AvgIpc) is 2.25. The minimum absolute atomic E-state index is 0.0561. The first-order valence-electron chi connectivity index (χ1n) is 6.40. The molecule has 0 rings (SSSR count). The van der Waals surface area contributed by atoms with Crippen LogP contribution < -0.4 is 5.32 Å². The molecule has 0 aliphatic rings. The Balaban J connectivity index is 4.24. The fraction of sp³-hybridized carbons (Fsp3) is 0.857. The highest BCUT2D eigenvalue weighted by Crippen LogP contribution is 2.20. The molecule has 0 radical (unpaired) electrons. The van der Waals surface area contributed by atoms with Crippen molar-refractivity contribution in [1.29, 1.82) is 0 Å². The normalized spacial score (nSPS) is 13.8. The van der Waals surface area contributed by atoms with Gasteiger partial charge in [-0.3, -0.25) is 0 Å². The van der Waals surface area contributed by atoms with Crippen LogP contribution in [0.4, 0.5) is 0 Å². The predicted octanol–water partition coefficient (Wildman–Crippen LogP) is 3.53. The summed E-state index contributed by atoms with van der Waals surface area (Å²) in [6, 6.07) is 0.488. The number of methoxy groups -OCH3 is 1. The minimum atomic E-state index is -0.0561. The zero-order chi connectivity index (χ0) is 12.6. The van der Waals surface area contributed by atoms with Gasteiger partial charge in [-0.1, -0.05) is 26.0 Å². The van der Waals surface area contributed by atoms with Crippen molar-refractivity contribution in [2.45, 2.75) is 65.0 Å². The quantitative estimate of drug-likeness (QED) is 0.608. The lowest BCUT2D eigenvalue weighted by Gasteiger charge is -2.29. The van der Waals surface area contributed by atoms with E-state index in [0.717, 1.165) is 25.8 Å². The number of hydrogen-bond donors (Lipinski definition) is 1. The Morgan fingerprint density at radius 2 is 2.00 bits per heavy atom. The van der Waals surface area contributed by atoms with E-state index in [1.807, 2.05) is 0 Å². The monoisotopic (exact) mass is 227 g/mol. The molecule has 0 aliphatic carbocycles. The zero-order valence-corrected chi connectivity index (χ0v) is 11.7. The van der Waals surface area contributed by atoms with Crippen LogP contribution in [0.3, 0.4) is 0 Å². The van der Waals surface area contributed by atoms with E-state index in [0.29, 0.717) is 6.04 Å². The largest absolute Gasteiger partial charge is 0.379 e. The standard InChI is InChI=1S/C14H29NO/c1-7-9-15-13(10-12(3)8-2)11-14(4,5)16-6/h13,15H,3,7-11H2,1-2,4-6H3. The van der Waals surface area contributed by atoms with Crippen LogP contribution in [0.1, 0.15) is 53.4 Å². The van der Waals surface area contributed by atoms with E-state index < -0.39 is 0 Å². The Hall–Kier alpha value is -0.340. The topological polar surface area (TPSA) is 21.3 Å². The van der Waals surface area contributed by atoms with Crippen molar-refractivity contribution in [3.8, 4) is 0 Å². The summed E-state index contributed by atoms with van der Waals surface area (Å²) < 4.78 is 5.49. The van der Waals surface area contributed by atoms with E-state index >= 15 is 0 Å². The molecular weight excluding hydrogens is 198 g/mol. The highest BCUT2D eigenvalue weighted by atomic mass is 16.5. The fourth-order valence-electron chi connectivity index (χ4n) is 1.73.